The highest BCUT2D eigenvalue weighted by molar-refractivity contribution is 6.06. The first kappa shape index (κ1) is 18.5. The molecule has 3 heterocycles. The molecule has 1 N–H and O–H groups in total. The minimum absolute atomic E-state index is 0.0323. The highest BCUT2D eigenvalue weighted by Crippen LogP contribution is 2.33. The van der Waals surface area contributed by atoms with Gasteiger partial charge in [0, 0.05) is 60.2 Å². The van der Waals surface area contributed by atoms with Crippen molar-refractivity contribution in [2.75, 3.05) is 23.3 Å². The Morgan fingerprint density at radius 3 is 2.61 bits per heavy atom. The Hall–Kier alpha value is -2.89. The molecule has 0 bridgehead atoms. The molecule has 2 aromatic heterocycles. The molecule has 0 saturated carbocycles. The normalized spacial score (nSPS) is 14.5. The summed E-state index contributed by atoms with van der Waals surface area (Å²) in [6, 6.07) is 6.18. The highest BCUT2D eigenvalue weighted by atomic mass is 16.1. The first-order valence-corrected chi connectivity index (χ1v) is 9.95. The summed E-state index contributed by atoms with van der Waals surface area (Å²) in [6.07, 6.45) is 7.75. The first-order valence-electron chi connectivity index (χ1n) is 9.95. The van der Waals surface area contributed by atoms with E-state index in [0.29, 0.717) is 6.42 Å². The molecule has 6 heteroatoms. The predicted octanol–water partition coefficient (Wildman–Crippen LogP) is 3.76. The number of fused-ring (bicyclic) bond motifs is 1. The lowest BCUT2D eigenvalue weighted by molar-refractivity contribution is -0.115. The van der Waals surface area contributed by atoms with Crippen LogP contribution in [0.2, 0.25) is 0 Å². The molecular weight excluding hydrogens is 350 g/mol. The topological polar surface area (TPSA) is 63.1 Å². The highest BCUT2D eigenvalue weighted by Gasteiger charge is 2.17. The van der Waals surface area contributed by atoms with Crippen LogP contribution in [0.3, 0.4) is 0 Å². The molecule has 0 radical (unpaired) electrons. The molecule has 0 atom stereocenters. The van der Waals surface area contributed by atoms with Crippen LogP contribution < -0.4 is 10.2 Å². The number of aromatic nitrogens is 3. The van der Waals surface area contributed by atoms with Gasteiger partial charge in [0.2, 0.25) is 5.91 Å². The van der Waals surface area contributed by atoms with Gasteiger partial charge in [0.25, 0.3) is 0 Å². The Morgan fingerprint density at radius 2 is 1.89 bits per heavy atom. The summed E-state index contributed by atoms with van der Waals surface area (Å²) in [5, 5.41) is 9.62. The van der Waals surface area contributed by atoms with E-state index in [1.807, 2.05) is 50.1 Å². The molecular formula is C22H27N5O. The lowest BCUT2D eigenvalue weighted by Gasteiger charge is -2.30. The molecule has 4 rings (SSSR count). The second-order valence-corrected chi connectivity index (χ2v) is 7.60. The van der Waals surface area contributed by atoms with Crippen LogP contribution in [0.1, 0.15) is 36.2 Å². The maximum Gasteiger partial charge on any atom is 0.228 e. The number of hydrogen-bond donors (Lipinski definition) is 1. The Balaban J connectivity index is 1.61. The van der Waals surface area contributed by atoms with Gasteiger partial charge in [0.15, 0.2) is 0 Å². The van der Waals surface area contributed by atoms with Crippen molar-refractivity contribution in [3.8, 4) is 0 Å². The van der Waals surface area contributed by atoms with Gasteiger partial charge in [-0.15, -0.1) is 0 Å². The van der Waals surface area contributed by atoms with E-state index in [-0.39, 0.29) is 5.91 Å². The molecule has 6 nitrogen and oxygen atoms in total. The van der Waals surface area contributed by atoms with Crippen LogP contribution in [0.15, 0.2) is 30.6 Å². The minimum atomic E-state index is -0.0323. The Morgan fingerprint density at radius 1 is 1.11 bits per heavy atom. The maximum absolute atomic E-state index is 12.7. The second-order valence-electron chi connectivity index (χ2n) is 7.60. The van der Waals surface area contributed by atoms with E-state index < -0.39 is 0 Å². The Labute approximate surface area is 165 Å². The number of rotatable bonds is 4. The van der Waals surface area contributed by atoms with E-state index >= 15 is 0 Å². The van der Waals surface area contributed by atoms with Gasteiger partial charge in [-0.3, -0.25) is 14.5 Å². The van der Waals surface area contributed by atoms with E-state index in [1.165, 1.54) is 24.9 Å². The van der Waals surface area contributed by atoms with Gasteiger partial charge in [-0.2, -0.15) is 5.10 Å². The van der Waals surface area contributed by atoms with E-state index in [0.717, 1.165) is 46.5 Å². The number of amides is 1. The van der Waals surface area contributed by atoms with E-state index in [2.05, 4.69) is 26.4 Å². The largest absolute Gasteiger partial charge is 0.371 e. The fourth-order valence-corrected chi connectivity index (χ4v) is 4.12. The van der Waals surface area contributed by atoms with Crippen LogP contribution in [0.5, 0.6) is 0 Å². The third-order valence-electron chi connectivity index (χ3n) is 5.76. The van der Waals surface area contributed by atoms with E-state index in [4.69, 9.17) is 0 Å². The van der Waals surface area contributed by atoms with Crippen LogP contribution >= 0.6 is 0 Å². The van der Waals surface area contributed by atoms with Crippen molar-refractivity contribution >= 4 is 28.1 Å². The number of nitrogens with zero attached hydrogens (tertiary/aromatic N) is 4. The standard InChI is InChI=1S/C22H27N5O/c1-15-18(16(2)26(3)25-15)13-22(28)24-20-7-8-21(27-11-5-4-6-12-27)17-9-10-23-14-19(17)20/h7-10,14H,4-6,11-13H2,1-3H3,(H,24,28). The van der Waals surface area contributed by atoms with Gasteiger partial charge in [-0.25, -0.2) is 0 Å². The summed E-state index contributed by atoms with van der Waals surface area (Å²) in [6.45, 7) is 6.11. The molecule has 1 aliphatic heterocycles. The zero-order valence-electron chi connectivity index (χ0n) is 16.8. The first-order chi connectivity index (χ1) is 13.5. The molecule has 1 fully saturated rings. The number of carbonyl (C=O) groups excluding carboxylic acids is 1. The summed E-state index contributed by atoms with van der Waals surface area (Å²) >= 11 is 0. The van der Waals surface area contributed by atoms with Crippen molar-refractivity contribution in [1.82, 2.24) is 14.8 Å². The lowest BCUT2D eigenvalue weighted by atomic mass is 10.0. The summed E-state index contributed by atoms with van der Waals surface area (Å²) in [5.74, 6) is -0.0323. The monoisotopic (exact) mass is 377 g/mol. The van der Waals surface area contributed by atoms with Gasteiger partial charge in [-0.05, 0) is 51.3 Å². The fraction of sp³-hybridized carbons (Fsp3) is 0.409. The predicted molar refractivity (Wildman–Crippen MR) is 113 cm³/mol. The Bertz CT molecular complexity index is 1020. The molecule has 1 aliphatic rings. The van der Waals surface area contributed by atoms with Crippen LogP contribution in [0.4, 0.5) is 11.4 Å². The molecule has 0 unspecified atom stereocenters. The number of piperidine rings is 1. The number of carbonyl (C=O) groups is 1. The molecule has 1 aromatic carbocycles. The number of pyridine rings is 1. The van der Waals surface area contributed by atoms with Crippen molar-refractivity contribution in [3.63, 3.8) is 0 Å². The quantitative estimate of drug-likeness (QED) is 0.752. The van der Waals surface area contributed by atoms with Crippen LogP contribution in [0.25, 0.3) is 10.8 Å². The molecule has 3 aromatic rings. The van der Waals surface area contributed by atoms with Gasteiger partial charge in [0.05, 0.1) is 17.8 Å². The fourth-order valence-electron chi connectivity index (χ4n) is 4.12. The van der Waals surface area contributed by atoms with Gasteiger partial charge < -0.3 is 10.2 Å². The summed E-state index contributed by atoms with van der Waals surface area (Å²) in [5.41, 5.74) is 4.97. The maximum atomic E-state index is 12.7. The average Bonchev–Trinajstić information content (AvgIpc) is 2.95. The van der Waals surface area contributed by atoms with E-state index in [9.17, 15) is 4.79 Å². The minimum Gasteiger partial charge on any atom is -0.371 e. The molecule has 28 heavy (non-hydrogen) atoms. The Kier molecular flexibility index (Phi) is 5.03. The van der Waals surface area contributed by atoms with Crippen LogP contribution in [-0.4, -0.2) is 33.8 Å². The van der Waals surface area contributed by atoms with Crippen molar-refractivity contribution in [2.24, 2.45) is 7.05 Å². The number of anilines is 2. The second kappa shape index (κ2) is 7.62. The molecule has 146 valence electrons. The third kappa shape index (κ3) is 3.46. The van der Waals surface area contributed by atoms with Gasteiger partial charge in [-0.1, -0.05) is 0 Å². The van der Waals surface area contributed by atoms with Gasteiger partial charge in [0.1, 0.15) is 0 Å². The summed E-state index contributed by atoms with van der Waals surface area (Å²) in [7, 11) is 1.90. The van der Waals surface area contributed by atoms with Crippen LogP contribution in [-0.2, 0) is 18.3 Å². The zero-order valence-corrected chi connectivity index (χ0v) is 16.8. The van der Waals surface area contributed by atoms with Crippen LogP contribution in [0, 0.1) is 13.8 Å². The summed E-state index contributed by atoms with van der Waals surface area (Å²) in [4.78, 5) is 19.5. The molecule has 1 saturated heterocycles. The third-order valence-corrected chi connectivity index (χ3v) is 5.76. The van der Waals surface area contributed by atoms with Crippen molar-refractivity contribution in [3.05, 3.63) is 47.5 Å². The molecule has 0 spiro atoms. The number of nitrogens with one attached hydrogen (secondary N) is 1. The van der Waals surface area contributed by atoms with Gasteiger partial charge >= 0.3 is 0 Å². The number of aryl methyl sites for hydroxylation is 2. The molecule has 0 aliphatic carbocycles. The van der Waals surface area contributed by atoms with Crippen molar-refractivity contribution in [2.45, 2.75) is 39.5 Å². The average molecular weight is 377 g/mol. The number of benzene rings is 1. The zero-order chi connectivity index (χ0) is 19.7. The SMILES string of the molecule is Cc1nn(C)c(C)c1CC(=O)Nc1ccc(N2CCCCC2)c2ccncc12. The summed E-state index contributed by atoms with van der Waals surface area (Å²) < 4.78 is 1.82. The molecule has 1 amide bonds. The van der Waals surface area contributed by atoms with E-state index in [1.54, 1.807) is 0 Å². The smallest absolute Gasteiger partial charge is 0.228 e. The number of hydrogen-bond acceptors (Lipinski definition) is 4. The van der Waals surface area contributed by atoms with Crippen molar-refractivity contribution < 1.29 is 4.79 Å². The van der Waals surface area contributed by atoms with Crippen molar-refractivity contribution in [1.29, 1.82) is 0 Å². The lowest BCUT2D eigenvalue weighted by Crippen LogP contribution is -2.29.